The molecule has 0 fully saturated rings. The molecule has 0 aromatic rings. The van der Waals surface area contributed by atoms with E-state index in [1.165, 1.54) is 0 Å². The highest BCUT2D eigenvalue weighted by molar-refractivity contribution is 7.91. The lowest BCUT2D eigenvalue weighted by atomic mass is 10.6. The maximum absolute atomic E-state index is 11.2. The van der Waals surface area contributed by atoms with Crippen LogP contribution >= 0.6 is 0 Å². The van der Waals surface area contributed by atoms with Gasteiger partial charge in [-0.25, -0.2) is 8.42 Å². The molecule has 0 aliphatic carbocycles. The summed E-state index contributed by atoms with van der Waals surface area (Å²) >= 11 is 0. The Balaban J connectivity index is 3.77. The first-order valence-electron chi connectivity index (χ1n) is 5.78. The van der Waals surface area contributed by atoms with Crippen LogP contribution in [0.1, 0.15) is 13.8 Å². The Morgan fingerprint density at radius 1 is 1.24 bits per heavy atom. The molecule has 0 amide bonds. The third kappa shape index (κ3) is 8.93. The number of hydrogen-bond acceptors (Lipinski definition) is 4. The van der Waals surface area contributed by atoms with Crippen LogP contribution in [0.3, 0.4) is 0 Å². The molecule has 0 saturated carbocycles. The maximum atomic E-state index is 11.2. The topological polar surface area (TPSA) is 79.8 Å². The van der Waals surface area contributed by atoms with Gasteiger partial charge >= 0.3 is 0 Å². The fourth-order valence-electron chi connectivity index (χ4n) is 1.08. The van der Waals surface area contributed by atoms with E-state index < -0.39 is 9.84 Å². The van der Waals surface area contributed by atoms with Crippen molar-refractivity contribution in [3.8, 4) is 0 Å². The Morgan fingerprint density at radius 3 is 2.41 bits per heavy atom. The van der Waals surface area contributed by atoms with E-state index in [2.05, 4.69) is 15.6 Å². The van der Waals surface area contributed by atoms with Gasteiger partial charge in [0.2, 0.25) is 0 Å². The summed E-state index contributed by atoms with van der Waals surface area (Å²) in [7, 11) is -1.28. The Bertz CT molecular complexity index is 315. The van der Waals surface area contributed by atoms with Gasteiger partial charge in [-0.3, -0.25) is 4.99 Å². The monoisotopic (exact) mass is 265 g/mol. The summed E-state index contributed by atoms with van der Waals surface area (Å²) in [5, 5.41) is 5.97. The summed E-state index contributed by atoms with van der Waals surface area (Å²) in [6.07, 6.45) is 0. The van der Waals surface area contributed by atoms with Gasteiger partial charge < -0.3 is 15.4 Å². The molecule has 0 bridgehead atoms. The first-order valence-corrected chi connectivity index (χ1v) is 7.60. The van der Waals surface area contributed by atoms with E-state index in [0.717, 1.165) is 0 Å². The van der Waals surface area contributed by atoms with E-state index in [9.17, 15) is 8.42 Å². The molecule has 0 unspecified atom stereocenters. The molecule has 6 nitrogen and oxygen atoms in total. The quantitative estimate of drug-likeness (QED) is 0.355. The highest BCUT2D eigenvalue weighted by atomic mass is 32.2. The van der Waals surface area contributed by atoms with Crippen molar-refractivity contribution in [2.45, 2.75) is 13.8 Å². The second-order valence-electron chi connectivity index (χ2n) is 3.36. The molecular formula is C10H23N3O3S. The molecule has 0 saturated heterocycles. The van der Waals surface area contributed by atoms with Crippen molar-refractivity contribution in [1.29, 1.82) is 0 Å². The van der Waals surface area contributed by atoms with Crippen molar-refractivity contribution < 1.29 is 13.2 Å². The zero-order valence-electron chi connectivity index (χ0n) is 10.8. The Morgan fingerprint density at radius 2 is 1.88 bits per heavy atom. The van der Waals surface area contributed by atoms with Crippen LogP contribution in [-0.2, 0) is 14.6 Å². The Labute approximate surface area is 104 Å². The minimum absolute atomic E-state index is 0.121. The fourth-order valence-corrected chi connectivity index (χ4v) is 1.78. The molecule has 0 aliphatic rings. The molecule has 7 heteroatoms. The van der Waals surface area contributed by atoms with Crippen molar-refractivity contribution in [1.82, 2.24) is 10.6 Å². The summed E-state index contributed by atoms with van der Waals surface area (Å²) in [5.41, 5.74) is 0. The van der Waals surface area contributed by atoms with Gasteiger partial charge in [-0.15, -0.1) is 0 Å². The Hall–Kier alpha value is -0.820. The average Bonchev–Trinajstić information content (AvgIpc) is 2.32. The van der Waals surface area contributed by atoms with Gasteiger partial charge in [0, 0.05) is 32.5 Å². The van der Waals surface area contributed by atoms with Gasteiger partial charge in [0.25, 0.3) is 0 Å². The summed E-state index contributed by atoms with van der Waals surface area (Å²) < 4.78 is 27.7. The maximum Gasteiger partial charge on any atom is 0.191 e. The summed E-state index contributed by atoms with van der Waals surface area (Å²) in [6, 6.07) is 0. The number of aliphatic imine (C=N–C) groups is 1. The zero-order chi connectivity index (χ0) is 13.1. The lowest BCUT2D eigenvalue weighted by Gasteiger charge is -2.11. The van der Waals surface area contributed by atoms with Crippen molar-refractivity contribution >= 4 is 15.8 Å². The molecule has 102 valence electrons. The normalized spacial score (nSPS) is 12.5. The third-order valence-corrected chi connectivity index (χ3v) is 3.82. The highest BCUT2D eigenvalue weighted by Gasteiger charge is 2.06. The summed E-state index contributed by atoms with van der Waals surface area (Å²) in [5.74, 6) is 0.886. The van der Waals surface area contributed by atoms with Gasteiger partial charge in [-0.05, 0) is 6.92 Å². The van der Waals surface area contributed by atoms with Gasteiger partial charge in [0.05, 0.1) is 12.4 Å². The summed E-state index contributed by atoms with van der Waals surface area (Å²) in [4.78, 5) is 3.98. The van der Waals surface area contributed by atoms with E-state index in [0.29, 0.717) is 32.3 Å². The van der Waals surface area contributed by atoms with Gasteiger partial charge in [0.1, 0.15) is 0 Å². The van der Waals surface area contributed by atoms with E-state index in [4.69, 9.17) is 4.74 Å². The molecular weight excluding hydrogens is 242 g/mol. The molecule has 0 aromatic heterocycles. The molecule has 0 heterocycles. The van der Waals surface area contributed by atoms with Gasteiger partial charge in [-0.2, -0.15) is 0 Å². The van der Waals surface area contributed by atoms with Crippen LogP contribution in [0.2, 0.25) is 0 Å². The smallest absolute Gasteiger partial charge is 0.191 e. The number of nitrogens with one attached hydrogen (secondary N) is 2. The molecule has 0 rings (SSSR count). The third-order valence-electron chi connectivity index (χ3n) is 2.11. The Kier molecular flexibility index (Phi) is 8.79. The first-order chi connectivity index (χ1) is 8.05. The van der Waals surface area contributed by atoms with Crippen LogP contribution in [0, 0.1) is 0 Å². The number of ether oxygens (including phenoxy) is 1. The van der Waals surface area contributed by atoms with E-state index in [1.54, 1.807) is 14.0 Å². The van der Waals surface area contributed by atoms with E-state index in [1.807, 2.05) is 6.92 Å². The van der Waals surface area contributed by atoms with Crippen LogP contribution in [-0.4, -0.2) is 59.2 Å². The molecule has 2 N–H and O–H groups in total. The van der Waals surface area contributed by atoms with Crippen LogP contribution < -0.4 is 10.6 Å². The van der Waals surface area contributed by atoms with Crippen molar-refractivity contribution in [2.75, 3.05) is 44.9 Å². The highest BCUT2D eigenvalue weighted by Crippen LogP contribution is 1.86. The van der Waals surface area contributed by atoms with Crippen LogP contribution in [0.25, 0.3) is 0 Å². The predicted octanol–water partition coefficient (Wildman–Crippen LogP) is -0.377. The number of rotatable bonds is 8. The molecule has 0 atom stereocenters. The second kappa shape index (κ2) is 9.23. The number of hydrogen-bond donors (Lipinski definition) is 2. The molecule has 0 spiro atoms. The van der Waals surface area contributed by atoms with E-state index >= 15 is 0 Å². The minimum Gasteiger partial charge on any atom is -0.380 e. The molecule has 0 radical (unpaired) electrons. The minimum atomic E-state index is -2.92. The second-order valence-corrected chi connectivity index (χ2v) is 5.83. The van der Waals surface area contributed by atoms with Crippen LogP contribution in [0.4, 0.5) is 0 Å². The first kappa shape index (κ1) is 16.2. The molecule has 0 aromatic carbocycles. The van der Waals surface area contributed by atoms with Crippen molar-refractivity contribution in [3.05, 3.63) is 0 Å². The van der Waals surface area contributed by atoms with Gasteiger partial charge in [0.15, 0.2) is 15.8 Å². The fraction of sp³-hybridized carbons (Fsp3) is 0.900. The van der Waals surface area contributed by atoms with Crippen molar-refractivity contribution in [2.24, 2.45) is 4.99 Å². The largest absolute Gasteiger partial charge is 0.380 e. The van der Waals surface area contributed by atoms with Crippen LogP contribution in [0.15, 0.2) is 4.99 Å². The molecule has 0 aliphatic heterocycles. The number of guanidine groups is 1. The standard InChI is InChI=1S/C10H23N3O3S/c1-4-16-8-6-12-10(11-3)13-7-9-17(14,15)5-2/h4-9H2,1-3H3,(H2,11,12,13). The number of sulfone groups is 1. The SMILES string of the molecule is CCOCCNC(=NC)NCCS(=O)(=O)CC. The zero-order valence-corrected chi connectivity index (χ0v) is 11.6. The van der Waals surface area contributed by atoms with Gasteiger partial charge in [-0.1, -0.05) is 6.92 Å². The lowest BCUT2D eigenvalue weighted by molar-refractivity contribution is 0.152. The lowest BCUT2D eigenvalue weighted by Crippen LogP contribution is -2.41. The number of nitrogens with zero attached hydrogens (tertiary/aromatic N) is 1. The summed E-state index contributed by atoms with van der Waals surface area (Å²) in [6.45, 7) is 5.87. The van der Waals surface area contributed by atoms with E-state index in [-0.39, 0.29) is 11.5 Å². The predicted molar refractivity (Wildman–Crippen MR) is 70.2 cm³/mol. The average molecular weight is 265 g/mol. The molecule has 17 heavy (non-hydrogen) atoms. The van der Waals surface area contributed by atoms with Crippen molar-refractivity contribution in [3.63, 3.8) is 0 Å². The van der Waals surface area contributed by atoms with Crippen LogP contribution in [0.5, 0.6) is 0 Å².